The van der Waals surface area contributed by atoms with Gasteiger partial charge in [0.2, 0.25) is 5.91 Å². The lowest BCUT2D eigenvalue weighted by Crippen LogP contribution is -2.51. The Labute approximate surface area is 199 Å². The zero-order valence-corrected chi connectivity index (χ0v) is 22.5. The van der Waals surface area contributed by atoms with Crippen molar-refractivity contribution in [1.82, 2.24) is 8.95 Å². The zero-order valence-electron chi connectivity index (χ0n) is 20.7. The first kappa shape index (κ1) is 25.2. The summed E-state index contributed by atoms with van der Waals surface area (Å²) in [5.41, 5.74) is 4.60. The van der Waals surface area contributed by atoms with Crippen LogP contribution in [0.2, 0.25) is 16.6 Å². The number of fused-ring (bicyclic) bond motifs is 1. The lowest BCUT2D eigenvalue weighted by molar-refractivity contribution is -0.118. The number of hydrogen-bond acceptors (Lipinski definition) is 3. The predicted molar refractivity (Wildman–Crippen MR) is 139 cm³/mol. The van der Waals surface area contributed by atoms with Crippen molar-refractivity contribution in [3.63, 3.8) is 0 Å². The number of nitrogens with one attached hydrogen (secondary N) is 1. The highest BCUT2D eigenvalue weighted by Gasteiger charge is 2.46. The van der Waals surface area contributed by atoms with Crippen molar-refractivity contribution in [1.29, 1.82) is 0 Å². The summed E-state index contributed by atoms with van der Waals surface area (Å²) in [6.07, 6.45) is 2.15. The molecule has 0 bridgehead atoms. The summed E-state index contributed by atoms with van der Waals surface area (Å²) < 4.78 is 30.1. The van der Waals surface area contributed by atoms with Crippen LogP contribution in [-0.4, -0.2) is 26.8 Å². The van der Waals surface area contributed by atoms with Gasteiger partial charge in [0.05, 0.1) is 11.3 Å². The van der Waals surface area contributed by atoms with Crippen molar-refractivity contribution in [2.24, 2.45) is 0 Å². The number of rotatable bonds is 8. The molecule has 1 heterocycles. The fraction of sp³-hybridized carbons (Fsp3) is 0.423. The molecule has 0 saturated heterocycles. The van der Waals surface area contributed by atoms with Gasteiger partial charge in [-0.05, 0) is 59.1 Å². The number of nitrogens with zero attached hydrogens (tertiary/aromatic N) is 1. The topological polar surface area (TPSA) is 68.2 Å². The maximum Gasteiger partial charge on any atom is 0.264 e. The molecule has 0 radical (unpaired) electrons. The first-order valence-electron chi connectivity index (χ1n) is 11.6. The average molecular weight is 485 g/mol. The van der Waals surface area contributed by atoms with Gasteiger partial charge in [-0.1, -0.05) is 71.9 Å². The van der Waals surface area contributed by atoms with Gasteiger partial charge in [-0.15, -0.1) is 0 Å². The van der Waals surface area contributed by atoms with Crippen molar-refractivity contribution in [3.05, 3.63) is 65.9 Å². The third-order valence-corrected chi connectivity index (χ3v) is 15.1. The quantitative estimate of drug-likeness (QED) is 0.397. The Balaban J connectivity index is 2.09. The number of benzene rings is 2. The lowest BCUT2D eigenvalue weighted by Gasteiger charge is -2.44. The van der Waals surface area contributed by atoms with Gasteiger partial charge in [0.15, 0.2) is 8.24 Å². The molecule has 0 unspecified atom stereocenters. The summed E-state index contributed by atoms with van der Waals surface area (Å²) in [7, 11) is -5.96. The van der Waals surface area contributed by atoms with E-state index < -0.39 is 24.2 Å². The number of aromatic nitrogens is 1. The molecular weight excluding hydrogens is 448 g/mol. The molecule has 1 aromatic heterocycles. The van der Waals surface area contributed by atoms with E-state index in [4.69, 9.17) is 0 Å². The van der Waals surface area contributed by atoms with Crippen LogP contribution < -0.4 is 4.72 Å². The molecule has 3 rings (SSSR count). The SMILES string of the molecule is Cc1cccc2c1c(CC(=O)NS(=O)(=O)c1ccccc1)cn2[Si](C(C)C)(C(C)C)C(C)C. The summed E-state index contributed by atoms with van der Waals surface area (Å²) >= 11 is 0. The largest absolute Gasteiger partial charge is 0.373 e. The highest BCUT2D eigenvalue weighted by atomic mass is 32.2. The molecular formula is C26H36N2O3SSi. The Hall–Kier alpha value is -2.38. The second-order valence-corrected chi connectivity index (χ2v) is 17.3. The van der Waals surface area contributed by atoms with Crippen LogP contribution in [0.3, 0.4) is 0 Å². The van der Waals surface area contributed by atoms with Crippen LogP contribution in [0.25, 0.3) is 10.9 Å². The Morgan fingerprint density at radius 2 is 1.48 bits per heavy atom. The third-order valence-electron chi connectivity index (χ3n) is 6.96. The van der Waals surface area contributed by atoms with Crippen LogP contribution in [0.1, 0.15) is 52.7 Å². The summed E-state index contributed by atoms with van der Waals surface area (Å²) in [6, 6.07) is 14.3. The minimum absolute atomic E-state index is 0.0131. The third kappa shape index (κ3) is 4.53. The normalized spacial score (nSPS) is 12.8. The van der Waals surface area contributed by atoms with Crippen LogP contribution in [0.5, 0.6) is 0 Å². The molecule has 0 fully saturated rings. The van der Waals surface area contributed by atoms with Crippen LogP contribution in [0.4, 0.5) is 0 Å². The molecule has 0 aliphatic heterocycles. The van der Waals surface area contributed by atoms with Crippen LogP contribution in [0.15, 0.2) is 59.6 Å². The molecule has 3 aromatic rings. The highest BCUT2D eigenvalue weighted by molar-refractivity contribution is 7.90. The van der Waals surface area contributed by atoms with Gasteiger partial charge >= 0.3 is 0 Å². The standard InChI is InChI=1S/C26H36N2O3SSi/c1-18(2)33(19(3)4,20(5)6)28-17-22(26-21(7)12-11-15-24(26)28)16-25(29)27-32(30,31)23-13-9-8-10-14-23/h8-15,17-20H,16H2,1-7H3,(H,27,29). The molecule has 0 saturated carbocycles. The first-order chi connectivity index (χ1) is 15.4. The highest BCUT2D eigenvalue weighted by Crippen LogP contribution is 2.45. The number of carbonyl (C=O) groups is 1. The van der Waals surface area contributed by atoms with E-state index in [9.17, 15) is 13.2 Å². The van der Waals surface area contributed by atoms with Gasteiger partial charge in [-0.25, -0.2) is 13.1 Å². The molecule has 33 heavy (non-hydrogen) atoms. The molecule has 1 amide bonds. The molecule has 5 nitrogen and oxygen atoms in total. The van der Waals surface area contributed by atoms with Crippen molar-refractivity contribution >= 4 is 35.1 Å². The van der Waals surface area contributed by atoms with E-state index in [1.54, 1.807) is 18.2 Å². The summed E-state index contributed by atoms with van der Waals surface area (Å²) in [6.45, 7) is 15.9. The van der Waals surface area contributed by atoms with Gasteiger partial charge in [-0.2, -0.15) is 0 Å². The minimum Gasteiger partial charge on any atom is -0.373 e. The fourth-order valence-electron chi connectivity index (χ4n) is 5.87. The number of aryl methyl sites for hydroxylation is 1. The smallest absolute Gasteiger partial charge is 0.264 e. The second kappa shape index (κ2) is 9.47. The van der Waals surface area contributed by atoms with E-state index in [1.165, 1.54) is 12.1 Å². The Morgan fingerprint density at radius 1 is 0.909 bits per heavy atom. The molecule has 0 aliphatic rings. The molecule has 178 valence electrons. The molecule has 0 atom stereocenters. The van der Waals surface area contributed by atoms with E-state index in [2.05, 4.69) is 81.8 Å². The summed E-state index contributed by atoms with van der Waals surface area (Å²) in [4.78, 5) is 13.0. The molecule has 2 aromatic carbocycles. The Kier molecular flexibility index (Phi) is 7.24. The van der Waals surface area contributed by atoms with E-state index in [-0.39, 0.29) is 11.3 Å². The molecule has 0 aliphatic carbocycles. The Morgan fingerprint density at radius 3 is 2.03 bits per heavy atom. The Bertz CT molecular complexity index is 1220. The lowest BCUT2D eigenvalue weighted by atomic mass is 10.1. The first-order valence-corrected chi connectivity index (χ1v) is 15.3. The van der Waals surface area contributed by atoms with Gasteiger partial charge in [-0.3, -0.25) is 4.79 Å². The molecule has 1 N–H and O–H groups in total. The van der Waals surface area contributed by atoms with Crippen LogP contribution in [-0.2, 0) is 21.2 Å². The summed E-state index contributed by atoms with van der Waals surface area (Å²) in [5, 5.41) is 1.06. The maximum atomic E-state index is 12.9. The predicted octanol–water partition coefficient (Wildman–Crippen LogP) is 6.02. The maximum absolute atomic E-state index is 12.9. The van der Waals surface area contributed by atoms with Crippen molar-refractivity contribution in [3.8, 4) is 0 Å². The minimum atomic E-state index is -3.90. The van der Waals surface area contributed by atoms with Crippen molar-refractivity contribution in [2.75, 3.05) is 0 Å². The number of carbonyl (C=O) groups excluding carboxylic acids is 1. The van der Waals surface area contributed by atoms with Crippen LogP contribution in [0, 0.1) is 6.92 Å². The van der Waals surface area contributed by atoms with Gasteiger partial charge in [0.25, 0.3) is 10.0 Å². The van der Waals surface area contributed by atoms with Crippen molar-refractivity contribution in [2.45, 2.75) is 76.4 Å². The van der Waals surface area contributed by atoms with E-state index in [0.29, 0.717) is 16.6 Å². The monoisotopic (exact) mass is 484 g/mol. The fourth-order valence-corrected chi connectivity index (χ4v) is 13.5. The number of hydrogen-bond donors (Lipinski definition) is 1. The number of amides is 1. The molecule has 7 heteroatoms. The zero-order chi connectivity index (χ0) is 24.6. The average Bonchev–Trinajstić information content (AvgIpc) is 3.07. The van der Waals surface area contributed by atoms with Gasteiger partial charge in [0, 0.05) is 10.9 Å². The van der Waals surface area contributed by atoms with E-state index in [1.807, 2.05) is 0 Å². The van der Waals surface area contributed by atoms with Gasteiger partial charge in [0.1, 0.15) is 0 Å². The van der Waals surface area contributed by atoms with Crippen LogP contribution >= 0.6 is 0 Å². The van der Waals surface area contributed by atoms with Gasteiger partial charge < -0.3 is 4.23 Å². The second-order valence-electron chi connectivity index (χ2n) is 9.86. The number of sulfonamides is 1. The summed E-state index contributed by atoms with van der Waals surface area (Å²) in [5.74, 6) is -0.521. The van der Waals surface area contributed by atoms with E-state index in [0.717, 1.165) is 22.0 Å². The van der Waals surface area contributed by atoms with Crippen molar-refractivity contribution < 1.29 is 13.2 Å². The molecule has 0 spiro atoms. The van der Waals surface area contributed by atoms with E-state index >= 15 is 0 Å².